The van der Waals surface area contributed by atoms with Gasteiger partial charge in [-0.15, -0.1) is 0 Å². The molecule has 8 heteroatoms. The van der Waals surface area contributed by atoms with Crippen LogP contribution in [0.5, 0.6) is 5.75 Å². The summed E-state index contributed by atoms with van der Waals surface area (Å²) < 4.78 is 5.27. The molecule has 0 amide bonds. The van der Waals surface area contributed by atoms with E-state index in [4.69, 9.17) is 21.4 Å². The lowest BCUT2D eigenvalue weighted by atomic mass is 10.1. The Morgan fingerprint density at radius 2 is 2.26 bits per heavy atom. The van der Waals surface area contributed by atoms with E-state index in [2.05, 4.69) is 5.32 Å². The summed E-state index contributed by atoms with van der Waals surface area (Å²) in [6, 6.07) is 3.72. The molecule has 1 aromatic rings. The molecule has 1 aromatic carbocycles. The second-order valence-corrected chi connectivity index (χ2v) is 4.45. The largest absolute Gasteiger partial charge is 0.489 e. The number of nitro groups is 1. The van der Waals surface area contributed by atoms with Crippen LogP contribution in [-0.2, 0) is 4.79 Å². The van der Waals surface area contributed by atoms with Gasteiger partial charge in [-0.05, 0) is 20.0 Å². The van der Waals surface area contributed by atoms with E-state index in [1.165, 1.54) is 26.1 Å². The molecule has 7 nitrogen and oxygen atoms in total. The first-order chi connectivity index (χ1) is 8.80. The highest BCUT2D eigenvalue weighted by molar-refractivity contribution is 6.32. The number of benzene rings is 1. The van der Waals surface area contributed by atoms with Gasteiger partial charge in [-0.2, -0.15) is 0 Å². The van der Waals surface area contributed by atoms with Crippen LogP contribution in [0.2, 0.25) is 5.02 Å². The molecule has 0 heterocycles. The Morgan fingerprint density at radius 1 is 1.63 bits per heavy atom. The number of carbonyl (C=O) groups is 1. The number of hydrogen-bond donors (Lipinski definition) is 2. The lowest BCUT2D eigenvalue weighted by Gasteiger charge is -2.24. The Labute approximate surface area is 114 Å². The predicted octanol–water partition coefficient (Wildman–Crippen LogP) is 1.69. The number of nitro benzene ring substituents is 1. The summed E-state index contributed by atoms with van der Waals surface area (Å²) in [6.07, 6.45) is 0. The lowest BCUT2D eigenvalue weighted by Crippen LogP contribution is -2.52. The Balaban J connectivity index is 2.91. The number of aliphatic carboxylic acids is 1. The van der Waals surface area contributed by atoms with Gasteiger partial charge in [-0.25, -0.2) is 0 Å². The average molecular weight is 289 g/mol. The van der Waals surface area contributed by atoms with Crippen molar-refractivity contribution < 1.29 is 19.6 Å². The molecule has 0 fully saturated rings. The quantitative estimate of drug-likeness (QED) is 0.610. The van der Waals surface area contributed by atoms with Gasteiger partial charge >= 0.3 is 5.97 Å². The van der Waals surface area contributed by atoms with Crippen LogP contribution >= 0.6 is 11.6 Å². The molecule has 0 aliphatic heterocycles. The Morgan fingerprint density at radius 3 is 2.74 bits per heavy atom. The van der Waals surface area contributed by atoms with Crippen molar-refractivity contribution in [3.63, 3.8) is 0 Å². The van der Waals surface area contributed by atoms with E-state index >= 15 is 0 Å². The van der Waals surface area contributed by atoms with E-state index in [0.717, 1.165) is 6.07 Å². The summed E-state index contributed by atoms with van der Waals surface area (Å²) in [5.74, 6) is -1.03. The van der Waals surface area contributed by atoms with Gasteiger partial charge in [0.05, 0.1) is 16.0 Å². The van der Waals surface area contributed by atoms with Gasteiger partial charge in [-0.3, -0.25) is 14.9 Å². The molecule has 2 N–H and O–H groups in total. The monoisotopic (exact) mass is 288 g/mol. The van der Waals surface area contributed by atoms with Crippen molar-refractivity contribution in [2.24, 2.45) is 0 Å². The zero-order chi connectivity index (χ0) is 14.6. The van der Waals surface area contributed by atoms with Gasteiger partial charge in [0.1, 0.15) is 17.9 Å². The van der Waals surface area contributed by atoms with Gasteiger partial charge in [0, 0.05) is 6.07 Å². The number of nitrogens with zero attached hydrogens (tertiary/aromatic N) is 1. The lowest BCUT2D eigenvalue weighted by molar-refractivity contribution is -0.384. The number of rotatable bonds is 6. The van der Waals surface area contributed by atoms with Crippen LogP contribution in [0.25, 0.3) is 0 Å². The van der Waals surface area contributed by atoms with E-state index in [1.54, 1.807) is 0 Å². The zero-order valence-corrected chi connectivity index (χ0v) is 11.1. The van der Waals surface area contributed by atoms with Crippen molar-refractivity contribution in [1.29, 1.82) is 0 Å². The number of halogens is 1. The van der Waals surface area contributed by atoms with Gasteiger partial charge in [0.25, 0.3) is 5.69 Å². The first-order valence-corrected chi connectivity index (χ1v) is 5.67. The van der Waals surface area contributed by atoms with Crippen LogP contribution in [0.4, 0.5) is 5.69 Å². The molecule has 0 aliphatic rings. The summed E-state index contributed by atoms with van der Waals surface area (Å²) in [4.78, 5) is 21.1. The highest BCUT2D eigenvalue weighted by Gasteiger charge is 2.32. The number of non-ortho nitro benzene ring substituents is 1. The van der Waals surface area contributed by atoms with Crippen LogP contribution in [0.3, 0.4) is 0 Å². The highest BCUT2D eigenvalue weighted by atomic mass is 35.5. The number of ether oxygens (including phenoxy) is 1. The van der Waals surface area contributed by atoms with Crippen LogP contribution in [0.15, 0.2) is 18.2 Å². The normalized spacial score (nSPS) is 13.6. The summed E-state index contributed by atoms with van der Waals surface area (Å²) >= 11 is 5.84. The molecule has 0 bridgehead atoms. The molecule has 0 aliphatic carbocycles. The van der Waals surface area contributed by atoms with Gasteiger partial charge in [0.15, 0.2) is 0 Å². The maximum absolute atomic E-state index is 11.0. The van der Waals surface area contributed by atoms with E-state index in [-0.39, 0.29) is 23.1 Å². The minimum absolute atomic E-state index is 0.0681. The second-order valence-electron chi connectivity index (χ2n) is 4.05. The first-order valence-electron chi connectivity index (χ1n) is 5.29. The third-order valence-corrected chi connectivity index (χ3v) is 2.98. The van der Waals surface area contributed by atoms with Crippen molar-refractivity contribution in [1.82, 2.24) is 5.32 Å². The molecule has 0 saturated heterocycles. The fourth-order valence-corrected chi connectivity index (χ4v) is 1.35. The zero-order valence-electron chi connectivity index (χ0n) is 10.3. The summed E-state index contributed by atoms with van der Waals surface area (Å²) in [5, 5.41) is 22.4. The smallest absolute Gasteiger partial charge is 0.327 e. The average Bonchev–Trinajstić information content (AvgIpc) is 2.36. The van der Waals surface area contributed by atoms with Gasteiger partial charge in [0.2, 0.25) is 0 Å². The SMILES string of the molecule is CNC(C)(COc1cc([N+](=O)[O-])ccc1Cl)C(=O)O. The highest BCUT2D eigenvalue weighted by Crippen LogP contribution is 2.29. The molecule has 104 valence electrons. The molecule has 0 saturated carbocycles. The number of nitrogens with one attached hydrogen (secondary N) is 1. The molecular weight excluding hydrogens is 276 g/mol. The van der Waals surface area contributed by atoms with Crippen molar-refractivity contribution in [3.05, 3.63) is 33.3 Å². The maximum atomic E-state index is 11.0. The van der Waals surface area contributed by atoms with Crippen LogP contribution in [0, 0.1) is 10.1 Å². The van der Waals surface area contributed by atoms with Crippen molar-refractivity contribution in [3.8, 4) is 5.75 Å². The predicted molar refractivity (Wildman–Crippen MR) is 68.7 cm³/mol. The fourth-order valence-electron chi connectivity index (χ4n) is 1.18. The Bertz CT molecular complexity index is 508. The second kappa shape index (κ2) is 5.85. The fraction of sp³-hybridized carbons (Fsp3) is 0.364. The maximum Gasteiger partial charge on any atom is 0.327 e. The van der Waals surface area contributed by atoms with Crippen molar-refractivity contribution >= 4 is 23.3 Å². The van der Waals surface area contributed by atoms with Crippen molar-refractivity contribution in [2.75, 3.05) is 13.7 Å². The Kier molecular flexibility index (Phi) is 4.68. The first kappa shape index (κ1) is 15.2. The minimum Gasteiger partial charge on any atom is -0.489 e. The van der Waals surface area contributed by atoms with Crippen LogP contribution < -0.4 is 10.1 Å². The molecule has 19 heavy (non-hydrogen) atoms. The van der Waals surface area contributed by atoms with E-state index in [9.17, 15) is 14.9 Å². The topological polar surface area (TPSA) is 102 Å². The summed E-state index contributed by atoms with van der Waals surface area (Å²) in [6.45, 7) is 1.21. The van der Waals surface area contributed by atoms with E-state index in [0.29, 0.717) is 0 Å². The van der Waals surface area contributed by atoms with Crippen molar-refractivity contribution in [2.45, 2.75) is 12.5 Å². The third-order valence-electron chi connectivity index (χ3n) is 2.67. The van der Waals surface area contributed by atoms with Gasteiger partial charge in [-0.1, -0.05) is 11.6 Å². The van der Waals surface area contributed by atoms with E-state index < -0.39 is 16.4 Å². The molecular formula is C11H13ClN2O5. The van der Waals surface area contributed by atoms with Crippen LogP contribution in [-0.4, -0.2) is 35.2 Å². The number of carboxylic acid groups (broad SMARTS) is 1. The molecule has 0 radical (unpaired) electrons. The molecule has 1 atom stereocenters. The Hall–Kier alpha value is -1.86. The number of likely N-dealkylation sites (N-methyl/N-ethyl adjacent to an activating group) is 1. The number of carboxylic acids is 1. The van der Waals surface area contributed by atoms with E-state index in [1.807, 2.05) is 0 Å². The van der Waals surface area contributed by atoms with Crippen LogP contribution in [0.1, 0.15) is 6.92 Å². The molecule has 1 unspecified atom stereocenters. The summed E-state index contributed by atoms with van der Waals surface area (Å²) in [5.41, 5.74) is -1.49. The number of hydrogen-bond acceptors (Lipinski definition) is 5. The molecule has 1 rings (SSSR count). The van der Waals surface area contributed by atoms with Gasteiger partial charge < -0.3 is 15.2 Å². The molecule has 0 spiro atoms. The molecule has 0 aromatic heterocycles. The summed E-state index contributed by atoms with van der Waals surface area (Å²) in [7, 11) is 1.48. The standard InChI is InChI=1S/C11H13ClN2O5/c1-11(13-2,10(15)16)6-19-9-5-7(14(17)18)3-4-8(9)12/h3-5,13H,6H2,1-2H3,(H,15,16). The third kappa shape index (κ3) is 3.55. The minimum atomic E-state index is -1.31.